The van der Waals surface area contributed by atoms with Gasteiger partial charge in [0.05, 0.1) is 19.8 Å². The molecule has 1 N–H and O–H groups in total. The molecule has 0 radical (unpaired) electrons. The number of nitrogens with zero attached hydrogens (tertiary/aromatic N) is 1. The molecule has 0 aromatic carbocycles. The van der Waals surface area contributed by atoms with Gasteiger partial charge in [0.25, 0.3) is 0 Å². The maximum absolute atomic E-state index is 5.45. The maximum Gasteiger partial charge on any atom is 0.0701 e. The Kier molecular flexibility index (Phi) is 9.34. The Morgan fingerprint density at radius 3 is 2.72 bits per heavy atom. The molecule has 0 fully saturated rings. The summed E-state index contributed by atoms with van der Waals surface area (Å²) in [6.07, 6.45) is 5.96. The van der Waals surface area contributed by atoms with Gasteiger partial charge in [0.1, 0.15) is 0 Å². The minimum absolute atomic E-state index is 0.679. The molecule has 102 valence electrons. The lowest BCUT2D eigenvalue weighted by molar-refractivity contribution is 0.0477. The lowest BCUT2D eigenvalue weighted by Crippen LogP contribution is -2.20. The molecule has 0 saturated carbocycles. The molecule has 1 aromatic heterocycles. The third-order valence-corrected chi connectivity index (χ3v) is 2.49. The van der Waals surface area contributed by atoms with Crippen LogP contribution in [0.4, 0.5) is 0 Å². The highest BCUT2D eigenvalue weighted by atomic mass is 16.5. The fourth-order valence-electron chi connectivity index (χ4n) is 1.45. The molecule has 0 bridgehead atoms. The van der Waals surface area contributed by atoms with Crippen LogP contribution in [0.5, 0.6) is 0 Å². The van der Waals surface area contributed by atoms with E-state index in [0.29, 0.717) is 13.2 Å². The van der Waals surface area contributed by atoms with E-state index in [1.54, 1.807) is 6.20 Å². The Morgan fingerprint density at radius 2 is 2.00 bits per heavy atom. The highest BCUT2D eigenvalue weighted by molar-refractivity contribution is 5.07. The molecule has 0 spiro atoms. The quantitative estimate of drug-likeness (QED) is 0.612. The Hall–Kier alpha value is -0.970. The lowest BCUT2D eigenvalue weighted by Gasteiger charge is -2.06. The molecule has 1 rings (SSSR count). The summed E-state index contributed by atoms with van der Waals surface area (Å²) in [5.74, 6) is 0. The fraction of sp³-hybridized carbons (Fsp3) is 0.643. The highest BCUT2D eigenvalue weighted by Crippen LogP contribution is 1.93. The molecule has 0 unspecified atom stereocenters. The molecule has 0 aliphatic carbocycles. The summed E-state index contributed by atoms with van der Waals surface area (Å²) < 4.78 is 10.8. The smallest absolute Gasteiger partial charge is 0.0701 e. The summed E-state index contributed by atoms with van der Waals surface area (Å²) in [6, 6.07) is 4.00. The molecule has 4 nitrogen and oxygen atoms in total. The van der Waals surface area contributed by atoms with Crippen LogP contribution in [0, 0.1) is 0 Å². The van der Waals surface area contributed by atoms with Crippen molar-refractivity contribution in [3.8, 4) is 0 Å². The molecule has 0 aliphatic rings. The third-order valence-electron chi connectivity index (χ3n) is 2.49. The van der Waals surface area contributed by atoms with Gasteiger partial charge >= 0.3 is 0 Å². The van der Waals surface area contributed by atoms with Crippen molar-refractivity contribution < 1.29 is 9.47 Å². The van der Waals surface area contributed by atoms with Gasteiger partial charge in [-0.1, -0.05) is 19.4 Å². The Morgan fingerprint density at radius 1 is 1.17 bits per heavy atom. The summed E-state index contributed by atoms with van der Waals surface area (Å²) in [4.78, 5) is 4.06. The number of hydrogen-bond acceptors (Lipinski definition) is 4. The molecule has 18 heavy (non-hydrogen) atoms. The topological polar surface area (TPSA) is 43.4 Å². The van der Waals surface area contributed by atoms with Crippen LogP contribution < -0.4 is 5.32 Å². The van der Waals surface area contributed by atoms with Crippen molar-refractivity contribution in [1.29, 1.82) is 0 Å². The average Bonchev–Trinajstić information content (AvgIpc) is 2.42. The van der Waals surface area contributed by atoms with Gasteiger partial charge in [-0.2, -0.15) is 0 Å². The number of unbranched alkanes of at least 4 members (excludes halogenated alkanes) is 1. The molecule has 4 heteroatoms. The van der Waals surface area contributed by atoms with Crippen molar-refractivity contribution in [3.05, 3.63) is 30.1 Å². The van der Waals surface area contributed by atoms with Crippen LogP contribution in [0.1, 0.15) is 25.3 Å². The van der Waals surface area contributed by atoms with Crippen molar-refractivity contribution >= 4 is 0 Å². The maximum atomic E-state index is 5.45. The van der Waals surface area contributed by atoms with E-state index >= 15 is 0 Å². The second-order valence-corrected chi connectivity index (χ2v) is 4.12. The van der Waals surface area contributed by atoms with E-state index in [2.05, 4.69) is 23.3 Å². The van der Waals surface area contributed by atoms with E-state index in [9.17, 15) is 0 Å². The van der Waals surface area contributed by atoms with E-state index in [4.69, 9.17) is 9.47 Å². The van der Waals surface area contributed by atoms with Crippen LogP contribution in [0.25, 0.3) is 0 Å². The third kappa shape index (κ3) is 8.17. The van der Waals surface area contributed by atoms with E-state index in [0.717, 1.165) is 32.7 Å². The van der Waals surface area contributed by atoms with Crippen molar-refractivity contribution in [2.75, 3.05) is 33.0 Å². The average molecular weight is 252 g/mol. The van der Waals surface area contributed by atoms with Crippen LogP contribution >= 0.6 is 0 Å². The number of rotatable bonds is 11. The number of pyridine rings is 1. The predicted octanol–water partition coefficient (Wildman–Crippen LogP) is 2.00. The lowest BCUT2D eigenvalue weighted by atomic mass is 10.3. The summed E-state index contributed by atoms with van der Waals surface area (Å²) in [5, 5.41) is 3.31. The molecule has 0 saturated heterocycles. The minimum atomic E-state index is 0.679. The van der Waals surface area contributed by atoms with Crippen molar-refractivity contribution in [2.45, 2.75) is 26.3 Å². The second kappa shape index (κ2) is 11.1. The molecule has 0 aliphatic heterocycles. The Balaban J connectivity index is 1.82. The monoisotopic (exact) mass is 252 g/mol. The molecule has 0 amide bonds. The first-order valence-electron chi connectivity index (χ1n) is 6.68. The second-order valence-electron chi connectivity index (χ2n) is 4.12. The van der Waals surface area contributed by atoms with Crippen LogP contribution in [0.15, 0.2) is 24.5 Å². The van der Waals surface area contributed by atoms with Crippen LogP contribution in [0.3, 0.4) is 0 Å². The normalized spacial score (nSPS) is 10.7. The first-order chi connectivity index (χ1) is 8.93. The molecule has 0 atom stereocenters. The largest absolute Gasteiger partial charge is 0.379 e. The van der Waals surface area contributed by atoms with Crippen molar-refractivity contribution in [1.82, 2.24) is 10.3 Å². The van der Waals surface area contributed by atoms with Gasteiger partial charge in [-0.15, -0.1) is 0 Å². The highest BCUT2D eigenvalue weighted by Gasteiger charge is 1.92. The summed E-state index contributed by atoms with van der Waals surface area (Å²) in [5.41, 5.74) is 1.19. The van der Waals surface area contributed by atoms with Crippen LogP contribution in [0.2, 0.25) is 0 Å². The zero-order chi connectivity index (χ0) is 12.9. The summed E-state index contributed by atoms with van der Waals surface area (Å²) in [6.45, 7) is 6.79. The number of hydrogen-bond donors (Lipinski definition) is 1. The van der Waals surface area contributed by atoms with Crippen molar-refractivity contribution in [2.24, 2.45) is 0 Å². The van der Waals surface area contributed by atoms with Gasteiger partial charge in [-0.05, 0) is 18.1 Å². The van der Waals surface area contributed by atoms with E-state index in [-0.39, 0.29) is 0 Å². The molecular weight excluding hydrogens is 228 g/mol. The van der Waals surface area contributed by atoms with Gasteiger partial charge in [-0.25, -0.2) is 0 Å². The first-order valence-corrected chi connectivity index (χ1v) is 6.68. The van der Waals surface area contributed by atoms with Gasteiger partial charge < -0.3 is 14.8 Å². The van der Waals surface area contributed by atoms with E-state index in [1.807, 2.05) is 12.3 Å². The SMILES string of the molecule is CCCCOCCOCCNCc1cccnc1. The van der Waals surface area contributed by atoms with Crippen LogP contribution in [-0.2, 0) is 16.0 Å². The molecular formula is C14H24N2O2. The van der Waals surface area contributed by atoms with E-state index in [1.165, 1.54) is 12.0 Å². The van der Waals surface area contributed by atoms with Gasteiger partial charge in [0, 0.05) is 32.1 Å². The minimum Gasteiger partial charge on any atom is -0.379 e. The first kappa shape index (κ1) is 15.1. The van der Waals surface area contributed by atoms with E-state index < -0.39 is 0 Å². The zero-order valence-electron chi connectivity index (χ0n) is 11.2. The van der Waals surface area contributed by atoms with Gasteiger partial charge in [0.2, 0.25) is 0 Å². The summed E-state index contributed by atoms with van der Waals surface area (Å²) in [7, 11) is 0. The molecule has 1 aromatic rings. The van der Waals surface area contributed by atoms with Gasteiger partial charge in [-0.3, -0.25) is 4.98 Å². The number of aromatic nitrogens is 1. The fourth-order valence-corrected chi connectivity index (χ4v) is 1.45. The predicted molar refractivity (Wildman–Crippen MR) is 72.5 cm³/mol. The van der Waals surface area contributed by atoms with Gasteiger partial charge in [0.15, 0.2) is 0 Å². The van der Waals surface area contributed by atoms with Crippen LogP contribution in [-0.4, -0.2) is 38.0 Å². The standard InChI is InChI=1S/C14H24N2O2/c1-2-3-8-17-10-11-18-9-7-16-13-14-5-4-6-15-12-14/h4-6,12,16H,2-3,7-11,13H2,1H3. The summed E-state index contributed by atoms with van der Waals surface area (Å²) >= 11 is 0. The number of ether oxygens (including phenoxy) is 2. The van der Waals surface area contributed by atoms with Crippen molar-refractivity contribution in [3.63, 3.8) is 0 Å². The number of nitrogens with one attached hydrogen (secondary N) is 1. The Bertz CT molecular complexity index is 280. The Labute approximate surface area is 110 Å². The molecule has 1 heterocycles. The zero-order valence-corrected chi connectivity index (χ0v) is 11.2.